The van der Waals surface area contributed by atoms with Crippen LogP contribution in [-0.4, -0.2) is 30.0 Å². The number of nitrogens with zero attached hydrogens (tertiary/aromatic N) is 1. The van der Waals surface area contributed by atoms with Crippen molar-refractivity contribution in [1.82, 2.24) is 15.6 Å². The highest BCUT2D eigenvalue weighted by atomic mass is 79.9. The second kappa shape index (κ2) is 7.75. The molecule has 1 amide bonds. The van der Waals surface area contributed by atoms with E-state index in [1.54, 1.807) is 6.20 Å². The molecule has 1 fully saturated rings. The summed E-state index contributed by atoms with van der Waals surface area (Å²) in [6.45, 7) is 1.94. The fourth-order valence-corrected chi connectivity index (χ4v) is 3.18. The van der Waals surface area contributed by atoms with Crippen LogP contribution in [0.3, 0.4) is 0 Å². The maximum atomic E-state index is 12.0. The smallest absolute Gasteiger partial charge is 0.220 e. The van der Waals surface area contributed by atoms with Gasteiger partial charge in [-0.25, -0.2) is 4.98 Å². The number of aryl methyl sites for hydroxylation is 1. The Kier molecular flexibility index (Phi) is 5.46. The number of rotatable bonds is 5. The summed E-state index contributed by atoms with van der Waals surface area (Å²) in [5.74, 6) is 1.37. The summed E-state index contributed by atoms with van der Waals surface area (Å²) < 4.78 is 6.72. The van der Waals surface area contributed by atoms with Gasteiger partial charge in [0, 0.05) is 28.9 Å². The quantitative estimate of drug-likeness (QED) is 0.840. The van der Waals surface area contributed by atoms with E-state index in [0.29, 0.717) is 30.5 Å². The largest absolute Gasteiger partial charge is 0.441 e. The second-order valence-corrected chi connectivity index (χ2v) is 6.54. The Balaban J connectivity index is 1.53. The second-order valence-electron chi connectivity index (χ2n) is 5.69. The first kappa shape index (κ1) is 16.2. The number of carbonyl (C=O) groups is 1. The highest BCUT2D eigenvalue weighted by molar-refractivity contribution is 9.10. The van der Waals surface area contributed by atoms with E-state index in [4.69, 9.17) is 4.42 Å². The lowest BCUT2D eigenvalue weighted by Crippen LogP contribution is -2.42. The molecule has 0 radical (unpaired) electrons. The first-order chi connectivity index (χ1) is 11.2. The molecule has 2 N–H and O–H groups in total. The van der Waals surface area contributed by atoms with E-state index < -0.39 is 0 Å². The summed E-state index contributed by atoms with van der Waals surface area (Å²) in [5.41, 5.74) is 0.963. The molecule has 23 heavy (non-hydrogen) atoms. The first-order valence-corrected chi connectivity index (χ1v) is 8.71. The van der Waals surface area contributed by atoms with Crippen molar-refractivity contribution in [2.75, 3.05) is 13.1 Å². The molecule has 5 nitrogen and oxygen atoms in total. The SMILES string of the molecule is O=C(CCc1ncc(-c2ccccc2Br)o1)NC1CCNCC1. The predicted molar refractivity (Wildman–Crippen MR) is 92.0 cm³/mol. The third-order valence-electron chi connectivity index (χ3n) is 3.96. The Morgan fingerprint density at radius 1 is 1.35 bits per heavy atom. The molecule has 1 aliphatic rings. The average Bonchev–Trinajstić information content (AvgIpc) is 3.03. The molecule has 0 spiro atoms. The Bertz CT molecular complexity index is 665. The average molecular weight is 378 g/mol. The van der Waals surface area contributed by atoms with Gasteiger partial charge >= 0.3 is 0 Å². The maximum absolute atomic E-state index is 12.0. The molecule has 2 aromatic rings. The number of hydrogen-bond acceptors (Lipinski definition) is 4. The third-order valence-corrected chi connectivity index (χ3v) is 4.65. The van der Waals surface area contributed by atoms with Crippen molar-refractivity contribution in [2.45, 2.75) is 31.7 Å². The van der Waals surface area contributed by atoms with Crippen molar-refractivity contribution in [3.05, 3.63) is 40.8 Å². The van der Waals surface area contributed by atoms with Gasteiger partial charge in [-0.05, 0) is 32.0 Å². The monoisotopic (exact) mass is 377 g/mol. The molecule has 1 saturated heterocycles. The van der Waals surface area contributed by atoms with Gasteiger partial charge in [-0.15, -0.1) is 0 Å². The topological polar surface area (TPSA) is 67.2 Å². The highest BCUT2D eigenvalue weighted by Gasteiger charge is 2.16. The molecular weight excluding hydrogens is 358 g/mol. The lowest BCUT2D eigenvalue weighted by molar-refractivity contribution is -0.122. The van der Waals surface area contributed by atoms with Crippen LogP contribution in [0.5, 0.6) is 0 Å². The standard InChI is InChI=1S/C17H20BrN3O2/c18-14-4-2-1-3-13(14)15-11-20-17(23-15)6-5-16(22)21-12-7-9-19-10-8-12/h1-4,11-12,19H,5-10H2,(H,21,22). The molecule has 1 aliphatic heterocycles. The van der Waals surface area contributed by atoms with E-state index in [1.807, 2.05) is 24.3 Å². The van der Waals surface area contributed by atoms with Gasteiger partial charge in [-0.3, -0.25) is 4.79 Å². The van der Waals surface area contributed by atoms with E-state index in [-0.39, 0.29) is 5.91 Å². The predicted octanol–water partition coefficient (Wildman–Crippen LogP) is 2.90. The van der Waals surface area contributed by atoms with E-state index in [2.05, 4.69) is 31.5 Å². The fourth-order valence-electron chi connectivity index (χ4n) is 2.70. The minimum absolute atomic E-state index is 0.0672. The minimum Gasteiger partial charge on any atom is -0.441 e. The molecule has 122 valence electrons. The molecule has 2 heterocycles. The van der Waals surface area contributed by atoms with Crippen LogP contribution in [0.15, 0.2) is 39.4 Å². The van der Waals surface area contributed by atoms with Crippen molar-refractivity contribution in [3.63, 3.8) is 0 Å². The Labute approximate surface area is 144 Å². The Morgan fingerprint density at radius 2 is 2.13 bits per heavy atom. The van der Waals surface area contributed by atoms with Crippen LogP contribution in [0.25, 0.3) is 11.3 Å². The number of piperidine rings is 1. The van der Waals surface area contributed by atoms with E-state index in [9.17, 15) is 4.79 Å². The van der Waals surface area contributed by atoms with Crippen LogP contribution in [0.4, 0.5) is 0 Å². The van der Waals surface area contributed by atoms with Crippen LogP contribution in [0.2, 0.25) is 0 Å². The van der Waals surface area contributed by atoms with Gasteiger partial charge in [0.15, 0.2) is 11.7 Å². The van der Waals surface area contributed by atoms with Gasteiger partial charge in [-0.2, -0.15) is 0 Å². The van der Waals surface area contributed by atoms with Crippen LogP contribution in [-0.2, 0) is 11.2 Å². The number of nitrogens with one attached hydrogen (secondary N) is 2. The van der Waals surface area contributed by atoms with E-state index in [0.717, 1.165) is 36.0 Å². The maximum Gasteiger partial charge on any atom is 0.220 e. The van der Waals surface area contributed by atoms with Crippen molar-refractivity contribution in [3.8, 4) is 11.3 Å². The molecule has 1 aromatic heterocycles. The Hall–Kier alpha value is -1.66. The van der Waals surface area contributed by atoms with Gasteiger partial charge in [0.25, 0.3) is 0 Å². The summed E-state index contributed by atoms with van der Waals surface area (Å²) >= 11 is 3.50. The van der Waals surface area contributed by atoms with Gasteiger partial charge in [0.05, 0.1) is 6.20 Å². The number of oxazole rings is 1. The van der Waals surface area contributed by atoms with Crippen LogP contribution >= 0.6 is 15.9 Å². The minimum atomic E-state index is 0.0672. The van der Waals surface area contributed by atoms with Crippen LogP contribution < -0.4 is 10.6 Å². The molecule has 0 atom stereocenters. The van der Waals surface area contributed by atoms with Gasteiger partial charge in [-0.1, -0.05) is 34.1 Å². The number of aromatic nitrogens is 1. The highest BCUT2D eigenvalue weighted by Crippen LogP contribution is 2.28. The fraction of sp³-hybridized carbons (Fsp3) is 0.412. The van der Waals surface area contributed by atoms with Crippen molar-refractivity contribution >= 4 is 21.8 Å². The number of halogens is 1. The van der Waals surface area contributed by atoms with E-state index in [1.165, 1.54) is 0 Å². The van der Waals surface area contributed by atoms with E-state index >= 15 is 0 Å². The zero-order valence-corrected chi connectivity index (χ0v) is 14.4. The lowest BCUT2D eigenvalue weighted by atomic mass is 10.1. The summed E-state index contributed by atoms with van der Waals surface area (Å²) in [6, 6.07) is 8.14. The molecule has 0 unspecified atom stereocenters. The number of carbonyl (C=O) groups excluding carboxylic acids is 1. The van der Waals surface area contributed by atoms with Crippen LogP contribution in [0.1, 0.15) is 25.2 Å². The van der Waals surface area contributed by atoms with Gasteiger partial charge in [0.2, 0.25) is 5.91 Å². The number of amides is 1. The summed E-state index contributed by atoms with van der Waals surface area (Å²) in [4.78, 5) is 16.3. The summed E-state index contributed by atoms with van der Waals surface area (Å²) in [5, 5.41) is 6.37. The zero-order chi connectivity index (χ0) is 16.1. The molecule has 6 heteroatoms. The molecular formula is C17H20BrN3O2. The van der Waals surface area contributed by atoms with Crippen molar-refractivity contribution in [1.29, 1.82) is 0 Å². The molecule has 3 rings (SSSR count). The normalized spacial score (nSPS) is 15.5. The third kappa shape index (κ3) is 4.42. The van der Waals surface area contributed by atoms with Crippen molar-refractivity contribution < 1.29 is 9.21 Å². The Morgan fingerprint density at radius 3 is 2.91 bits per heavy atom. The van der Waals surface area contributed by atoms with Gasteiger partial charge < -0.3 is 15.1 Å². The number of hydrogen-bond donors (Lipinski definition) is 2. The zero-order valence-electron chi connectivity index (χ0n) is 12.8. The lowest BCUT2D eigenvalue weighted by Gasteiger charge is -2.23. The molecule has 0 aliphatic carbocycles. The summed E-state index contributed by atoms with van der Waals surface area (Å²) in [6.07, 6.45) is 4.62. The molecule has 1 aromatic carbocycles. The first-order valence-electron chi connectivity index (χ1n) is 7.92. The molecule has 0 bridgehead atoms. The molecule has 0 saturated carbocycles. The number of benzene rings is 1. The summed E-state index contributed by atoms with van der Waals surface area (Å²) in [7, 11) is 0. The van der Waals surface area contributed by atoms with Gasteiger partial charge in [0.1, 0.15) is 0 Å². The van der Waals surface area contributed by atoms with Crippen molar-refractivity contribution in [2.24, 2.45) is 0 Å². The van der Waals surface area contributed by atoms with Crippen LogP contribution in [0, 0.1) is 0 Å².